The molecule has 4 nitrogen and oxygen atoms in total. The second-order valence-corrected chi connectivity index (χ2v) is 4.50. The second kappa shape index (κ2) is 6.76. The zero-order chi connectivity index (χ0) is 13.5. The first kappa shape index (κ1) is 14.2. The van der Waals surface area contributed by atoms with Crippen LogP contribution in [0.25, 0.3) is 0 Å². The molecule has 0 heterocycles. The Morgan fingerprint density at radius 3 is 2.72 bits per heavy atom. The van der Waals surface area contributed by atoms with Crippen molar-refractivity contribution in [3.63, 3.8) is 0 Å². The summed E-state index contributed by atoms with van der Waals surface area (Å²) in [5, 5.41) is 3.27. The number of hydrazine groups is 1. The van der Waals surface area contributed by atoms with Crippen molar-refractivity contribution in [1.82, 2.24) is 16.2 Å². The lowest BCUT2D eigenvalue weighted by atomic mass is 10.1. The Kier molecular flexibility index (Phi) is 5.32. The van der Waals surface area contributed by atoms with Crippen LogP contribution in [0.4, 0.5) is 0 Å². The maximum atomic E-state index is 11.8. The monoisotopic (exact) mass is 263 g/mol. The Morgan fingerprint density at radius 1 is 1.39 bits per heavy atom. The predicted octanol–water partition coefficient (Wildman–Crippen LogP) is 1.68. The predicted molar refractivity (Wildman–Crippen MR) is 77.2 cm³/mol. The molecule has 0 saturated carbocycles. The van der Waals surface area contributed by atoms with Crippen LogP contribution < -0.4 is 16.2 Å². The molecular formula is C13H17N3OS. The smallest absolute Gasteiger partial charge is 0.269 e. The van der Waals surface area contributed by atoms with E-state index in [4.69, 9.17) is 12.2 Å². The van der Waals surface area contributed by atoms with Crippen molar-refractivity contribution in [3.05, 3.63) is 47.5 Å². The van der Waals surface area contributed by atoms with Gasteiger partial charge in [0.1, 0.15) is 0 Å². The van der Waals surface area contributed by atoms with E-state index < -0.39 is 0 Å². The van der Waals surface area contributed by atoms with Gasteiger partial charge in [0.25, 0.3) is 5.91 Å². The maximum absolute atomic E-state index is 11.8. The van der Waals surface area contributed by atoms with Crippen LogP contribution in [0.5, 0.6) is 0 Å². The average Bonchev–Trinajstić information content (AvgIpc) is 2.33. The molecule has 0 aliphatic carbocycles. The SMILES string of the molecule is C=C(C)CNC(=S)NNC(=O)c1cccc(C)c1. The van der Waals surface area contributed by atoms with Crippen LogP contribution in [0, 0.1) is 6.92 Å². The zero-order valence-corrected chi connectivity index (χ0v) is 11.4. The van der Waals surface area contributed by atoms with Crippen molar-refractivity contribution in [2.24, 2.45) is 0 Å². The van der Waals surface area contributed by atoms with Gasteiger partial charge >= 0.3 is 0 Å². The number of thiocarbonyl (C=S) groups is 1. The van der Waals surface area contributed by atoms with E-state index in [0.717, 1.165) is 11.1 Å². The molecule has 0 unspecified atom stereocenters. The Bertz CT molecular complexity index is 471. The topological polar surface area (TPSA) is 53.2 Å². The third kappa shape index (κ3) is 4.97. The van der Waals surface area contributed by atoms with E-state index in [1.807, 2.05) is 26.0 Å². The molecule has 1 rings (SSSR count). The highest BCUT2D eigenvalue weighted by atomic mass is 32.1. The first-order valence-corrected chi connectivity index (χ1v) is 5.95. The summed E-state index contributed by atoms with van der Waals surface area (Å²) in [5.74, 6) is -0.224. The van der Waals surface area contributed by atoms with Crippen molar-refractivity contribution >= 4 is 23.2 Å². The molecule has 5 heteroatoms. The van der Waals surface area contributed by atoms with Gasteiger partial charge in [-0.15, -0.1) is 0 Å². The van der Waals surface area contributed by atoms with E-state index in [-0.39, 0.29) is 5.91 Å². The Hall–Kier alpha value is -1.88. The summed E-state index contributed by atoms with van der Waals surface area (Å²) in [5.41, 5.74) is 7.75. The minimum atomic E-state index is -0.224. The second-order valence-electron chi connectivity index (χ2n) is 4.09. The highest BCUT2D eigenvalue weighted by Crippen LogP contribution is 2.02. The summed E-state index contributed by atoms with van der Waals surface area (Å²) in [6.07, 6.45) is 0. The number of aryl methyl sites for hydroxylation is 1. The highest BCUT2D eigenvalue weighted by molar-refractivity contribution is 7.80. The van der Waals surface area contributed by atoms with Crippen LogP contribution in [-0.2, 0) is 0 Å². The lowest BCUT2D eigenvalue weighted by Crippen LogP contribution is -2.47. The van der Waals surface area contributed by atoms with E-state index in [9.17, 15) is 4.79 Å². The van der Waals surface area contributed by atoms with Gasteiger partial charge in [-0.1, -0.05) is 29.8 Å². The van der Waals surface area contributed by atoms with Crippen molar-refractivity contribution < 1.29 is 4.79 Å². The first-order valence-electron chi connectivity index (χ1n) is 5.54. The third-order valence-electron chi connectivity index (χ3n) is 2.12. The van der Waals surface area contributed by atoms with Gasteiger partial charge in [0.05, 0.1) is 0 Å². The number of hydrogen-bond acceptors (Lipinski definition) is 2. The van der Waals surface area contributed by atoms with E-state index in [0.29, 0.717) is 17.2 Å². The Balaban J connectivity index is 2.42. The molecule has 3 N–H and O–H groups in total. The molecule has 96 valence electrons. The third-order valence-corrected chi connectivity index (χ3v) is 2.37. The number of amides is 1. The highest BCUT2D eigenvalue weighted by Gasteiger charge is 2.05. The molecule has 1 amide bonds. The van der Waals surface area contributed by atoms with Crippen molar-refractivity contribution in [2.75, 3.05) is 6.54 Å². The van der Waals surface area contributed by atoms with E-state index >= 15 is 0 Å². The van der Waals surface area contributed by atoms with Crippen LogP contribution in [0.2, 0.25) is 0 Å². The summed E-state index contributed by atoms with van der Waals surface area (Å²) < 4.78 is 0. The van der Waals surface area contributed by atoms with Gasteiger partial charge in [0.15, 0.2) is 5.11 Å². The molecule has 0 aliphatic rings. The molecule has 0 aliphatic heterocycles. The van der Waals surface area contributed by atoms with Crippen LogP contribution in [0.15, 0.2) is 36.4 Å². The van der Waals surface area contributed by atoms with Gasteiger partial charge < -0.3 is 5.32 Å². The largest absolute Gasteiger partial charge is 0.358 e. The van der Waals surface area contributed by atoms with Gasteiger partial charge in [-0.25, -0.2) is 0 Å². The Morgan fingerprint density at radius 2 is 2.11 bits per heavy atom. The summed E-state index contributed by atoms with van der Waals surface area (Å²) in [7, 11) is 0. The summed E-state index contributed by atoms with van der Waals surface area (Å²) in [6.45, 7) is 8.14. The fraction of sp³-hybridized carbons (Fsp3) is 0.231. The number of nitrogens with one attached hydrogen (secondary N) is 3. The van der Waals surface area contributed by atoms with Gasteiger partial charge in [-0.2, -0.15) is 0 Å². The molecule has 1 aromatic rings. The van der Waals surface area contributed by atoms with E-state index in [1.54, 1.807) is 12.1 Å². The Labute approximate surface area is 112 Å². The molecule has 0 aromatic heterocycles. The quantitative estimate of drug-likeness (QED) is 0.441. The average molecular weight is 263 g/mol. The number of benzene rings is 1. The summed E-state index contributed by atoms with van der Waals surface area (Å²) in [6, 6.07) is 7.32. The molecule has 0 fully saturated rings. The van der Waals surface area contributed by atoms with Crippen molar-refractivity contribution in [2.45, 2.75) is 13.8 Å². The molecule has 0 spiro atoms. The van der Waals surface area contributed by atoms with Crippen LogP contribution >= 0.6 is 12.2 Å². The van der Waals surface area contributed by atoms with Crippen LogP contribution in [0.1, 0.15) is 22.8 Å². The fourth-order valence-corrected chi connectivity index (χ4v) is 1.37. The molecule has 18 heavy (non-hydrogen) atoms. The number of hydrogen-bond donors (Lipinski definition) is 3. The summed E-state index contributed by atoms with van der Waals surface area (Å²) >= 11 is 4.99. The fourth-order valence-electron chi connectivity index (χ4n) is 1.25. The molecule has 0 radical (unpaired) electrons. The minimum absolute atomic E-state index is 0.224. The molecule has 1 aromatic carbocycles. The van der Waals surface area contributed by atoms with E-state index in [1.165, 1.54) is 0 Å². The lowest BCUT2D eigenvalue weighted by Gasteiger charge is -2.11. The standard InChI is InChI=1S/C13H17N3OS/c1-9(2)8-14-13(18)16-15-12(17)11-6-4-5-10(3)7-11/h4-7H,1,8H2,2-3H3,(H,15,17)(H2,14,16,18). The zero-order valence-electron chi connectivity index (χ0n) is 10.5. The van der Waals surface area contributed by atoms with Crippen molar-refractivity contribution in [3.8, 4) is 0 Å². The number of carbonyl (C=O) groups is 1. The van der Waals surface area contributed by atoms with Gasteiger partial charge in [-0.05, 0) is 38.2 Å². The minimum Gasteiger partial charge on any atom is -0.358 e. The first-order chi connectivity index (χ1) is 8.49. The molecule has 0 atom stereocenters. The lowest BCUT2D eigenvalue weighted by molar-refractivity contribution is 0.0943. The maximum Gasteiger partial charge on any atom is 0.269 e. The number of rotatable bonds is 3. The van der Waals surface area contributed by atoms with Gasteiger partial charge in [-0.3, -0.25) is 15.6 Å². The van der Waals surface area contributed by atoms with Crippen molar-refractivity contribution in [1.29, 1.82) is 0 Å². The summed E-state index contributed by atoms with van der Waals surface area (Å²) in [4.78, 5) is 11.8. The normalized spacial score (nSPS) is 9.44. The number of carbonyl (C=O) groups excluding carboxylic acids is 1. The van der Waals surface area contributed by atoms with Crippen LogP contribution in [0.3, 0.4) is 0 Å². The van der Waals surface area contributed by atoms with Gasteiger partial charge in [0.2, 0.25) is 0 Å². The van der Waals surface area contributed by atoms with Crippen LogP contribution in [-0.4, -0.2) is 17.6 Å². The van der Waals surface area contributed by atoms with Gasteiger partial charge in [0, 0.05) is 12.1 Å². The molecular weight excluding hydrogens is 246 g/mol. The van der Waals surface area contributed by atoms with E-state index in [2.05, 4.69) is 22.7 Å². The molecule has 0 bridgehead atoms. The molecule has 0 saturated heterocycles.